The lowest BCUT2D eigenvalue weighted by atomic mass is 10.0. The Labute approximate surface area is 131 Å². The average molecular weight is 298 g/mol. The van der Waals surface area contributed by atoms with Crippen molar-refractivity contribution in [3.63, 3.8) is 0 Å². The summed E-state index contributed by atoms with van der Waals surface area (Å²) in [6.45, 7) is 1.02. The molecule has 1 N–H and O–H groups in total. The van der Waals surface area contributed by atoms with Crippen LogP contribution in [-0.4, -0.2) is 60.1 Å². The zero-order valence-corrected chi connectivity index (χ0v) is 13.1. The molecule has 2 aromatic carbocycles. The Kier molecular flexibility index (Phi) is 4.14. The molecule has 1 fully saturated rings. The Morgan fingerprint density at radius 1 is 1.18 bits per heavy atom. The van der Waals surface area contributed by atoms with E-state index in [0.717, 1.165) is 10.9 Å². The third kappa shape index (κ3) is 2.98. The topological polar surface area (TPSA) is 43.8 Å². The van der Waals surface area contributed by atoms with Crippen LogP contribution in [0.2, 0.25) is 0 Å². The van der Waals surface area contributed by atoms with Crippen molar-refractivity contribution in [3.05, 3.63) is 48.0 Å². The molecule has 0 aliphatic carbocycles. The summed E-state index contributed by atoms with van der Waals surface area (Å²) in [5.74, 6) is 0.0821. The van der Waals surface area contributed by atoms with E-state index in [0.29, 0.717) is 19.5 Å². The van der Waals surface area contributed by atoms with E-state index in [1.54, 1.807) is 4.90 Å². The molecule has 0 spiro atoms. The van der Waals surface area contributed by atoms with Crippen LogP contribution < -0.4 is 0 Å². The van der Waals surface area contributed by atoms with Crippen molar-refractivity contribution >= 4 is 16.7 Å². The molecule has 22 heavy (non-hydrogen) atoms. The Hall–Kier alpha value is -1.91. The van der Waals surface area contributed by atoms with Gasteiger partial charge in [-0.25, -0.2) is 0 Å². The number of benzene rings is 2. The number of amides is 1. The Bertz CT molecular complexity index is 684. The lowest BCUT2D eigenvalue weighted by molar-refractivity contribution is -0.129. The Morgan fingerprint density at radius 2 is 1.91 bits per heavy atom. The summed E-state index contributed by atoms with van der Waals surface area (Å²) in [5.41, 5.74) is 1.02. The number of carbonyl (C=O) groups excluding carboxylic acids is 1. The molecule has 1 saturated heterocycles. The van der Waals surface area contributed by atoms with E-state index in [1.165, 1.54) is 5.39 Å². The summed E-state index contributed by atoms with van der Waals surface area (Å²) in [6, 6.07) is 14.3. The minimum Gasteiger partial charge on any atom is -0.390 e. The van der Waals surface area contributed by atoms with Crippen LogP contribution in [0.1, 0.15) is 5.56 Å². The van der Waals surface area contributed by atoms with Crippen molar-refractivity contribution in [1.82, 2.24) is 9.80 Å². The number of carbonyl (C=O) groups is 1. The minimum atomic E-state index is -0.462. The summed E-state index contributed by atoms with van der Waals surface area (Å²) >= 11 is 0. The highest BCUT2D eigenvalue weighted by Crippen LogP contribution is 2.19. The summed E-state index contributed by atoms with van der Waals surface area (Å²) in [5, 5.41) is 12.4. The van der Waals surface area contributed by atoms with Gasteiger partial charge in [0.15, 0.2) is 0 Å². The van der Waals surface area contributed by atoms with Gasteiger partial charge in [0.1, 0.15) is 0 Å². The van der Waals surface area contributed by atoms with Gasteiger partial charge in [-0.15, -0.1) is 0 Å². The van der Waals surface area contributed by atoms with Crippen molar-refractivity contribution in [2.45, 2.75) is 18.6 Å². The van der Waals surface area contributed by atoms with Crippen LogP contribution >= 0.6 is 0 Å². The number of aliphatic hydroxyl groups excluding tert-OH is 1. The highest BCUT2D eigenvalue weighted by Gasteiger charge is 2.34. The molecule has 4 heteroatoms. The second kappa shape index (κ2) is 6.07. The van der Waals surface area contributed by atoms with Gasteiger partial charge in [-0.1, -0.05) is 42.5 Å². The standard InChI is InChI=1S/C18H22N2O2/c1-19(2)16-11-20(12-17(16)21)18(22)10-13-7-8-14-5-3-4-6-15(14)9-13/h3-9,16-17,21H,10-12H2,1-2H3/t16-,17-/m0/s1. The Morgan fingerprint density at radius 3 is 2.59 bits per heavy atom. The fraction of sp³-hybridized carbons (Fsp3) is 0.389. The maximum absolute atomic E-state index is 12.5. The predicted molar refractivity (Wildman–Crippen MR) is 87.7 cm³/mol. The number of likely N-dealkylation sites (N-methyl/N-ethyl adjacent to an activating group) is 1. The summed E-state index contributed by atoms with van der Waals surface area (Å²) in [4.78, 5) is 16.2. The second-order valence-electron chi connectivity index (χ2n) is 6.26. The molecular weight excluding hydrogens is 276 g/mol. The number of rotatable bonds is 3. The number of nitrogens with zero attached hydrogens (tertiary/aromatic N) is 2. The zero-order valence-electron chi connectivity index (χ0n) is 13.1. The maximum Gasteiger partial charge on any atom is 0.227 e. The molecule has 2 atom stereocenters. The van der Waals surface area contributed by atoms with Crippen LogP contribution in [0.5, 0.6) is 0 Å². The quantitative estimate of drug-likeness (QED) is 0.934. The smallest absolute Gasteiger partial charge is 0.227 e. The molecule has 0 unspecified atom stereocenters. The van der Waals surface area contributed by atoms with E-state index in [4.69, 9.17) is 0 Å². The van der Waals surface area contributed by atoms with Crippen molar-refractivity contribution in [2.75, 3.05) is 27.2 Å². The molecular formula is C18H22N2O2. The largest absolute Gasteiger partial charge is 0.390 e. The van der Waals surface area contributed by atoms with E-state index >= 15 is 0 Å². The van der Waals surface area contributed by atoms with Gasteiger partial charge < -0.3 is 14.9 Å². The third-order valence-electron chi connectivity index (χ3n) is 4.44. The molecule has 0 aromatic heterocycles. The number of fused-ring (bicyclic) bond motifs is 1. The summed E-state index contributed by atoms with van der Waals surface area (Å²) in [7, 11) is 3.87. The van der Waals surface area contributed by atoms with E-state index in [-0.39, 0.29) is 11.9 Å². The molecule has 2 aromatic rings. The first-order valence-electron chi connectivity index (χ1n) is 7.64. The fourth-order valence-corrected chi connectivity index (χ4v) is 3.12. The highest BCUT2D eigenvalue weighted by atomic mass is 16.3. The SMILES string of the molecule is CN(C)[C@H]1CN(C(=O)Cc2ccc3ccccc3c2)C[C@@H]1O. The van der Waals surface area contributed by atoms with Gasteiger partial charge in [-0.05, 0) is 30.4 Å². The molecule has 0 saturated carbocycles. The molecule has 1 amide bonds. The number of hydrogen-bond donors (Lipinski definition) is 1. The second-order valence-corrected chi connectivity index (χ2v) is 6.26. The van der Waals surface area contributed by atoms with Crippen LogP contribution in [0.25, 0.3) is 10.8 Å². The van der Waals surface area contributed by atoms with Gasteiger partial charge in [0.25, 0.3) is 0 Å². The number of aliphatic hydroxyl groups is 1. The van der Waals surface area contributed by atoms with Crippen molar-refractivity contribution in [3.8, 4) is 0 Å². The van der Waals surface area contributed by atoms with Crippen LogP contribution in [0.3, 0.4) is 0 Å². The van der Waals surface area contributed by atoms with Gasteiger partial charge in [-0.2, -0.15) is 0 Å². The van der Waals surface area contributed by atoms with Crippen molar-refractivity contribution < 1.29 is 9.90 Å². The number of hydrogen-bond acceptors (Lipinski definition) is 3. The van der Waals surface area contributed by atoms with E-state index in [9.17, 15) is 9.90 Å². The van der Waals surface area contributed by atoms with Gasteiger partial charge >= 0.3 is 0 Å². The van der Waals surface area contributed by atoms with Crippen LogP contribution in [-0.2, 0) is 11.2 Å². The summed E-state index contributed by atoms with van der Waals surface area (Å²) in [6.07, 6.45) is -0.0758. The monoisotopic (exact) mass is 298 g/mol. The molecule has 1 aliphatic heterocycles. The predicted octanol–water partition coefficient (Wildman–Crippen LogP) is 1.52. The minimum absolute atomic E-state index is 0.0283. The van der Waals surface area contributed by atoms with E-state index < -0.39 is 6.10 Å². The lowest BCUT2D eigenvalue weighted by Gasteiger charge is -2.21. The molecule has 3 rings (SSSR count). The first-order chi connectivity index (χ1) is 10.5. The van der Waals surface area contributed by atoms with Gasteiger partial charge in [0, 0.05) is 13.1 Å². The number of likely N-dealkylation sites (tertiary alicyclic amines) is 1. The Balaban J connectivity index is 1.71. The molecule has 1 heterocycles. The van der Waals surface area contributed by atoms with Gasteiger partial charge in [0.2, 0.25) is 5.91 Å². The van der Waals surface area contributed by atoms with E-state index in [1.807, 2.05) is 37.2 Å². The fourth-order valence-electron chi connectivity index (χ4n) is 3.12. The van der Waals surface area contributed by atoms with Gasteiger partial charge in [0.05, 0.1) is 18.6 Å². The maximum atomic E-state index is 12.5. The first-order valence-corrected chi connectivity index (χ1v) is 7.64. The normalized spacial score (nSPS) is 21.7. The molecule has 0 radical (unpaired) electrons. The number of β-amino-alcohol motifs (C(OH)–C–C–N with tert-alkyl or cyclic N) is 1. The summed E-state index contributed by atoms with van der Waals surface area (Å²) < 4.78 is 0. The molecule has 4 nitrogen and oxygen atoms in total. The van der Waals surface area contributed by atoms with Crippen LogP contribution in [0.4, 0.5) is 0 Å². The molecule has 116 valence electrons. The van der Waals surface area contributed by atoms with Gasteiger partial charge in [-0.3, -0.25) is 4.79 Å². The molecule has 0 bridgehead atoms. The average Bonchev–Trinajstić information content (AvgIpc) is 2.89. The third-order valence-corrected chi connectivity index (χ3v) is 4.44. The van der Waals surface area contributed by atoms with Crippen molar-refractivity contribution in [1.29, 1.82) is 0 Å². The zero-order chi connectivity index (χ0) is 15.7. The lowest BCUT2D eigenvalue weighted by Crippen LogP contribution is -2.38. The first kappa shape index (κ1) is 15.0. The van der Waals surface area contributed by atoms with Crippen molar-refractivity contribution in [2.24, 2.45) is 0 Å². The highest BCUT2D eigenvalue weighted by molar-refractivity contribution is 5.85. The van der Waals surface area contributed by atoms with Crippen LogP contribution in [0, 0.1) is 0 Å². The van der Waals surface area contributed by atoms with Crippen LogP contribution in [0.15, 0.2) is 42.5 Å². The molecule has 1 aliphatic rings. The van der Waals surface area contributed by atoms with E-state index in [2.05, 4.69) is 24.3 Å².